The Morgan fingerprint density at radius 2 is 2.13 bits per heavy atom. The number of carbonyl (C=O) groups excluding carboxylic acids is 1. The third-order valence-electron chi connectivity index (χ3n) is 1.89. The van der Waals surface area contributed by atoms with Crippen molar-refractivity contribution in [3.8, 4) is 0 Å². The average Bonchev–Trinajstić information content (AvgIpc) is 2.26. The zero-order chi connectivity index (χ0) is 10.9. The summed E-state index contributed by atoms with van der Waals surface area (Å²) in [6.45, 7) is 1.04. The maximum Gasteiger partial charge on any atom is 0.236 e. The second-order valence-corrected chi connectivity index (χ2v) is 3.11. The first-order chi connectivity index (χ1) is 7.33. The van der Waals surface area contributed by atoms with Gasteiger partial charge in [-0.05, 0) is 5.56 Å². The number of rotatable bonds is 6. The monoisotopic (exact) mass is 206 g/mol. The Bertz CT molecular complexity index is 321. The summed E-state index contributed by atoms with van der Waals surface area (Å²) < 4.78 is 5.37. The van der Waals surface area contributed by atoms with Gasteiger partial charge < -0.3 is 10.5 Å². The zero-order valence-electron chi connectivity index (χ0n) is 8.43. The first-order valence-corrected chi connectivity index (χ1v) is 4.77. The number of hydrogen-bond acceptors (Lipinski definition) is 4. The smallest absolute Gasteiger partial charge is 0.236 e. The Balaban J connectivity index is 2.15. The summed E-state index contributed by atoms with van der Waals surface area (Å²) in [5, 5.41) is 0. The minimum Gasteiger partial charge on any atom is -0.377 e. The first kappa shape index (κ1) is 11.6. The van der Waals surface area contributed by atoms with Crippen LogP contribution in [0.15, 0.2) is 35.3 Å². The Morgan fingerprint density at radius 1 is 1.40 bits per heavy atom. The molecule has 0 bridgehead atoms. The minimum absolute atomic E-state index is 0.487. The molecule has 1 aromatic carbocycles. The lowest BCUT2D eigenvalue weighted by Gasteiger charge is -2.05. The minimum atomic E-state index is -0.502. The lowest BCUT2D eigenvalue weighted by Crippen LogP contribution is -2.19. The molecule has 2 N–H and O–H groups in total. The molecule has 1 rings (SSSR count). The van der Waals surface area contributed by atoms with Crippen LogP contribution in [0.2, 0.25) is 0 Å². The third-order valence-corrected chi connectivity index (χ3v) is 1.89. The molecule has 1 aromatic rings. The molecule has 0 heterocycles. The number of nitrogens with two attached hydrogens (primary N) is 1. The van der Waals surface area contributed by atoms with E-state index in [9.17, 15) is 4.79 Å². The van der Waals surface area contributed by atoms with Gasteiger partial charge in [0.2, 0.25) is 6.08 Å². The maximum atomic E-state index is 9.86. The van der Waals surface area contributed by atoms with E-state index in [1.807, 2.05) is 30.3 Å². The van der Waals surface area contributed by atoms with Gasteiger partial charge in [0.05, 0.1) is 13.2 Å². The summed E-state index contributed by atoms with van der Waals surface area (Å²) in [7, 11) is 0. The standard InChI is InChI=1S/C11H14N2O2/c12-11(13-9-14)6-7-15-8-10-4-2-1-3-5-10/h1-5,11H,6-8,12H2. The topological polar surface area (TPSA) is 64.7 Å². The van der Waals surface area contributed by atoms with E-state index in [0.29, 0.717) is 19.6 Å². The van der Waals surface area contributed by atoms with Crippen molar-refractivity contribution in [2.45, 2.75) is 19.2 Å². The van der Waals surface area contributed by atoms with Gasteiger partial charge in [-0.25, -0.2) is 4.79 Å². The van der Waals surface area contributed by atoms with Crippen LogP contribution in [0, 0.1) is 0 Å². The van der Waals surface area contributed by atoms with Crippen LogP contribution in [-0.2, 0) is 16.1 Å². The van der Waals surface area contributed by atoms with Crippen LogP contribution in [0.3, 0.4) is 0 Å². The lowest BCUT2D eigenvalue weighted by molar-refractivity contribution is 0.114. The predicted molar refractivity (Wildman–Crippen MR) is 56.8 cm³/mol. The number of ether oxygens (including phenoxy) is 1. The normalized spacial score (nSPS) is 11.8. The summed E-state index contributed by atoms with van der Waals surface area (Å²) in [5.41, 5.74) is 6.57. The predicted octanol–water partition coefficient (Wildman–Crippen LogP) is 1.21. The molecule has 0 amide bonds. The van der Waals surface area contributed by atoms with E-state index < -0.39 is 6.17 Å². The van der Waals surface area contributed by atoms with Crippen LogP contribution in [0.5, 0.6) is 0 Å². The Morgan fingerprint density at radius 3 is 2.80 bits per heavy atom. The van der Waals surface area contributed by atoms with Crippen LogP contribution in [0.4, 0.5) is 0 Å². The van der Waals surface area contributed by atoms with Gasteiger partial charge in [-0.2, -0.15) is 4.99 Å². The van der Waals surface area contributed by atoms with Crippen molar-refractivity contribution in [3.05, 3.63) is 35.9 Å². The van der Waals surface area contributed by atoms with E-state index in [0.717, 1.165) is 5.56 Å². The Hall–Kier alpha value is -1.48. The van der Waals surface area contributed by atoms with Crippen molar-refractivity contribution in [3.63, 3.8) is 0 Å². The third kappa shape index (κ3) is 5.08. The molecule has 80 valence electrons. The van der Waals surface area contributed by atoms with Gasteiger partial charge in [0.25, 0.3) is 0 Å². The van der Waals surface area contributed by atoms with Gasteiger partial charge in [-0.15, -0.1) is 0 Å². The number of hydrogen-bond donors (Lipinski definition) is 1. The molecule has 0 saturated heterocycles. The first-order valence-electron chi connectivity index (χ1n) is 4.77. The summed E-state index contributed by atoms with van der Waals surface area (Å²) in [6, 6.07) is 9.85. The van der Waals surface area contributed by atoms with E-state index in [4.69, 9.17) is 10.5 Å². The fourth-order valence-electron chi connectivity index (χ4n) is 1.10. The van der Waals surface area contributed by atoms with Crippen molar-refractivity contribution in [1.29, 1.82) is 0 Å². The summed E-state index contributed by atoms with van der Waals surface area (Å²) in [4.78, 5) is 13.2. The van der Waals surface area contributed by atoms with Crippen molar-refractivity contribution < 1.29 is 9.53 Å². The molecular formula is C11H14N2O2. The highest BCUT2D eigenvalue weighted by Gasteiger charge is 1.98. The SMILES string of the molecule is NC(CCOCc1ccccc1)N=C=O. The van der Waals surface area contributed by atoms with Gasteiger partial charge in [-0.3, -0.25) is 0 Å². The van der Waals surface area contributed by atoms with E-state index in [2.05, 4.69) is 4.99 Å². The lowest BCUT2D eigenvalue weighted by atomic mass is 10.2. The molecule has 0 spiro atoms. The second-order valence-electron chi connectivity index (χ2n) is 3.11. The summed E-state index contributed by atoms with van der Waals surface area (Å²) >= 11 is 0. The molecule has 1 unspecified atom stereocenters. The molecule has 0 radical (unpaired) electrons. The van der Waals surface area contributed by atoms with Crippen LogP contribution in [0.1, 0.15) is 12.0 Å². The highest BCUT2D eigenvalue weighted by Crippen LogP contribution is 2.01. The van der Waals surface area contributed by atoms with E-state index in [-0.39, 0.29) is 0 Å². The molecular weight excluding hydrogens is 192 g/mol. The van der Waals surface area contributed by atoms with E-state index in [1.165, 1.54) is 6.08 Å². The van der Waals surface area contributed by atoms with Gasteiger partial charge >= 0.3 is 0 Å². The molecule has 0 aliphatic carbocycles. The van der Waals surface area contributed by atoms with Gasteiger partial charge in [-0.1, -0.05) is 30.3 Å². The largest absolute Gasteiger partial charge is 0.377 e. The molecule has 0 aromatic heterocycles. The fraction of sp³-hybridized carbons (Fsp3) is 0.364. The van der Waals surface area contributed by atoms with Crippen LogP contribution in [0.25, 0.3) is 0 Å². The molecule has 0 aliphatic rings. The van der Waals surface area contributed by atoms with Crippen molar-refractivity contribution in [2.24, 2.45) is 10.7 Å². The number of aliphatic imine (C=N–C) groups is 1. The molecule has 4 nitrogen and oxygen atoms in total. The van der Waals surface area contributed by atoms with Crippen molar-refractivity contribution in [2.75, 3.05) is 6.61 Å². The van der Waals surface area contributed by atoms with Gasteiger partial charge in [0, 0.05) is 6.42 Å². The quantitative estimate of drug-likeness (QED) is 0.432. The van der Waals surface area contributed by atoms with Crippen LogP contribution < -0.4 is 5.73 Å². The van der Waals surface area contributed by atoms with Crippen LogP contribution in [-0.4, -0.2) is 18.9 Å². The summed E-state index contributed by atoms with van der Waals surface area (Å²) in [6.07, 6.45) is 1.45. The highest BCUT2D eigenvalue weighted by atomic mass is 16.5. The highest BCUT2D eigenvalue weighted by molar-refractivity contribution is 5.33. The number of nitrogens with zero attached hydrogens (tertiary/aromatic N) is 1. The Labute approximate surface area is 88.8 Å². The fourth-order valence-corrected chi connectivity index (χ4v) is 1.10. The number of benzene rings is 1. The van der Waals surface area contributed by atoms with Crippen LogP contribution >= 0.6 is 0 Å². The summed E-state index contributed by atoms with van der Waals surface area (Å²) in [5.74, 6) is 0. The van der Waals surface area contributed by atoms with Crippen molar-refractivity contribution >= 4 is 6.08 Å². The van der Waals surface area contributed by atoms with E-state index in [1.54, 1.807) is 0 Å². The Kier molecular flexibility index (Phi) is 5.33. The second kappa shape index (κ2) is 6.90. The maximum absolute atomic E-state index is 9.86. The molecule has 4 heteroatoms. The van der Waals surface area contributed by atoms with E-state index >= 15 is 0 Å². The van der Waals surface area contributed by atoms with Gasteiger partial charge in [0.1, 0.15) is 6.17 Å². The molecule has 0 saturated carbocycles. The molecule has 0 aliphatic heterocycles. The number of isocyanates is 1. The zero-order valence-corrected chi connectivity index (χ0v) is 8.43. The molecule has 0 fully saturated rings. The van der Waals surface area contributed by atoms with Crippen molar-refractivity contribution in [1.82, 2.24) is 0 Å². The van der Waals surface area contributed by atoms with Gasteiger partial charge in [0.15, 0.2) is 0 Å². The molecule has 1 atom stereocenters. The molecule has 15 heavy (non-hydrogen) atoms. The average molecular weight is 206 g/mol.